The molecule has 2 fully saturated rings. The van der Waals surface area contributed by atoms with E-state index in [0.717, 1.165) is 12.8 Å². The van der Waals surface area contributed by atoms with Gasteiger partial charge < -0.3 is 19.5 Å². The molecular weight excluding hydrogens is 408 g/mol. The number of ketones is 1. The zero-order valence-electron chi connectivity index (χ0n) is 16.4. The molecule has 2 aliphatic heterocycles. The third-order valence-corrected chi connectivity index (χ3v) is 5.72. The molecule has 2 saturated heterocycles. The molecule has 7 nitrogen and oxygen atoms in total. The van der Waals surface area contributed by atoms with Crippen LogP contribution in [0.4, 0.5) is 0 Å². The number of hydrogen-bond acceptors (Lipinski definition) is 6. The van der Waals surface area contributed by atoms with E-state index in [-0.39, 0.29) is 34.6 Å². The summed E-state index contributed by atoms with van der Waals surface area (Å²) in [5, 5.41) is 11.3. The minimum atomic E-state index is -0.787. The lowest BCUT2D eigenvalue weighted by Crippen LogP contribution is -2.36. The average molecular weight is 429 g/mol. The quantitative estimate of drug-likeness (QED) is 0.446. The monoisotopic (exact) mass is 428 g/mol. The van der Waals surface area contributed by atoms with E-state index in [1.54, 1.807) is 36.7 Å². The van der Waals surface area contributed by atoms with Gasteiger partial charge in [0.2, 0.25) is 0 Å². The fourth-order valence-corrected chi connectivity index (χ4v) is 4.13. The number of Topliss-reactive ketones (excluding diaryl/α,β-unsaturated/α-hetero) is 1. The second kappa shape index (κ2) is 8.45. The summed E-state index contributed by atoms with van der Waals surface area (Å²) < 4.78 is 10.9. The molecule has 1 N–H and O–H groups in total. The molecule has 1 aromatic heterocycles. The van der Waals surface area contributed by atoms with E-state index < -0.39 is 17.7 Å². The highest BCUT2D eigenvalue weighted by molar-refractivity contribution is 6.47. The number of benzene rings is 1. The highest BCUT2D eigenvalue weighted by Gasteiger charge is 2.47. The van der Waals surface area contributed by atoms with E-state index >= 15 is 0 Å². The topological polar surface area (TPSA) is 89.0 Å². The SMILES string of the molecule is COc1ccc(Cl)c(/C(O)=C2\C(=O)C(=O)N(CC3CCCO3)C2c2cccnc2)c1. The summed E-state index contributed by atoms with van der Waals surface area (Å²) in [4.78, 5) is 31.5. The number of likely N-dealkylation sites (tertiary alicyclic amines) is 1. The Labute approximate surface area is 178 Å². The Morgan fingerprint density at radius 3 is 2.87 bits per heavy atom. The van der Waals surface area contributed by atoms with Crippen LogP contribution < -0.4 is 4.74 Å². The zero-order valence-corrected chi connectivity index (χ0v) is 17.1. The highest BCUT2D eigenvalue weighted by Crippen LogP contribution is 2.41. The van der Waals surface area contributed by atoms with Crippen LogP contribution in [-0.4, -0.2) is 53.0 Å². The van der Waals surface area contributed by atoms with Gasteiger partial charge in [0.25, 0.3) is 11.7 Å². The maximum absolute atomic E-state index is 13.0. The first-order valence-electron chi connectivity index (χ1n) is 9.65. The number of aliphatic hydroxyl groups is 1. The molecule has 156 valence electrons. The molecule has 2 atom stereocenters. The minimum Gasteiger partial charge on any atom is -0.507 e. The zero-order chi connectivity index (χ0) is 21.3. The van der Waals surface area contributed by atoms with Crippen LogP contribution in [0.2, 0.25) is 5.02 Å². The van der Waals surface area contributed by atoms with E-state index in [1.165, 1.54) is 18.1 Å². The van der Waals surface area contributed by atoms with Crippen molar-refractivity contribution in [2.75, 3.05) is 20.3 Å². The maximum Gasteiger partial charge on any atom is 0.295 e. The van der Waals surface area contributed by atoms with Gasteiger partial charge in [-0.1, -0.05) is 17.7 Å². The number of hydrogen-bond donors (Lipinski definition) is 1. The number of aromatic nitrogens is 1. The van der Waals surface area contributed by atoms with Gasteiger partial charge in [-0.25, -0.2) is 0 Å². The predicted octanol–water partition coefficient (Wildman–Crippen LogP) is 3.34. The van der Waals surface area contributed by atoms with Gasteiger partial charge in [0, 0.05) is 31.1 Å². The molecule has 8 heteroatoms. The number of amides is 1. The Morgan fingerprint density at radius 1 is 1.37 bits per heavy atom. The average Bonchev–Trinajstić information content (AvgIpc) is 3.36. The molecule has 0 spiro atoms. The smallest absolute Gasteiger partial charge is 0.295 e. The van der Waals surface area contributed by atoms with Crippen molar-refractivity contribution < 1.29 is 24.2 Å². The van der Waals surface area contributed by atoms with Crippen LogP contribution in [0.1, 0.15) is 30.0 Å². The molecule has 0 aliphatic carbocycles. The summed E-state index contributed by atoms with van der Waals surface area (Å²) in [7, 11) is 1.49. The molecule has 30 heavy (non-hydrogen) atoms. The van der Waals surface area contributed by atoms with E-state index in [4.69, 9.17) is 21.1 Å². The van der Waals surface area contributed by atoms with E-state index in [2.05, 4.69) is 4.98 Å². The molecule has 4 rings (SSSR count). The first-order valence-corrected chi connectivity index (χ1v) is 10.0. The standard InChI is InChI=1S/C22H21ClN2O5/c1-29-14-6-7-17(23)16(10-14)20(26)18-19(13-4-2-8-24-11-13)25(22(28)21(18)27)12-15-5-3-9-30-15/h2,4,6-8,10-11,15,19,26H,3,5,9,12H2,1H3/b20-18+. The van der Waals surface area contributed by atoms with Gasteiger partial charge in [0.1, 0.15) is 11.5 Å². The van der Waals surface area contributed by atoms with Crippen LogP contribution in [0.25, 0.3) is 5.76 Å². The van der Waals surface area contributed by atoms with Crippen LogP contribution in [0.5, 0.6) is 5.75 Å². The molecule has 0 bridgehead atoms. The Morgan fingerprint density at radius 2 is 2.20 bits per heavy atom. The highest BCUT2D eigenvalue weighted by atomic mass is 35.5. The number of ether oxygens (including phenoxy) is 2. The van der Waals surface area contributed by atoms with Gasteiger partial charge in [0.05, 0.1) is 29.9 Å². The van der Waals surface area contributed by atoms with Crippen LogP contribution in [0.3, 0.4) is 0 Å². The second-order valence-electron chi connectivity index (χ2n) is 7.22. The van der Waals surface area contributed by atoms with Gasteiger partial charge in [-0.05, 0) is 42.7 Å². The molecule has 2 aromatic rings. The third kappa shape index (κ3) is 3.66. The van der Waals surface area contributed by atoms with Crippen LogP contribution in [-0.2, 0) is 14.3 Å². The van der Waals surface area contributed by atoms with Crippen LogP contribution >= 0.6 is 11.6 Å². The summed E-state index contributed by atoms with van der Waals surface area (Å²) in [6.45, 7) is 0.887. The lowest BCUT2D eigenvalue weighted by Gasteiger charge is -2.27. The molecule has 0 saturated carbocycles. The number of rotatable bonds is 5. The molecule has 1 amide bonds. The lowest BCUT2D eigenvalue weighted by atomic mass is 9.96. The number of carbonyl (C=O) groups excluding carboxylic acids is 2. The maximum atomic E-state index is 13.0. The van der Waals surface area contributed by atoms with Gasteiger partial charge in [-0.15, -0.1) is 0 Å². The Balaban J connectivity index is 1.85. The van der Waals surface area contributed by atoms with Crippen molar-refractivity contribution in [3.05, 3.63) is 64.4 Å². The van der Waals surface area contributed by atoms with Crippen molar-refractivity contribution in [1.82, 2.24) is 9.88 Å². The van der Waals surface area contributed by atoms with Crippen molar-refractivity contribution in [1.29, 1.82) is 0 Å². The fourth-order valence-electron chi connectivity index (χ4n) is 3.92. The number of methoxy groups -OCH3 is 1. The van der Waals surface area contributed by atoms with Crippen molar-refractivity contribution in [2.24, 2.45) is 0 Å². The number of aliphatic hydroxyl groups excluding tert-OH is 1. The minimum absolute atomic E-state index is 0.0267. The van der Waals surface area contributed by atoms with Crippen molar-refractivity contribution in [2.45, 2.75) is 25.0 Å². The van der Waals surface area contributed by atoms with Gasteiger partial charge in [-0.3, -0.25) is 14.6 Å². The Kier molecular flexibility index (Phi) is 5.74. The van der Waals surface area contributed by atoms with Crippen molar-refractivity contribution in [3.63, 3.8) is 0 Å². The van der Waals surface area contributed by atoms with Gasteiger partial charge in [0.15, 0.2) is 0 Å². The van der Waals surface area contributed by atoms with Crippen molar-refractivity contribution in [3.8, 4) is 5.75 Å². The second-order valence-corrected chi connectivity index (χ2v) is 7.63. The van der Waals surface area contributed by atoms with Crippen LogP contribution in [0.15, 0.2) is 48.3 Å². The predicted molar refractivity (Wildman–Crippen MR) is 110 cm³/mol. The summed E-state index contributed by atoms with van der Waals surface area (Å²) in [6.07, 6.45) is 4.76. The van der Waals surface area contributed by atoms with Crippen LogP contribution in [0, 0.1) is 0 Å². The normalized spacial score (nSPS) is 23.2. The number of carbonyl (C=O) groups is 2. The lowest BCUT2D eigenvalue weighted by molar-refractivity contribution is -0.140. The first-order chi connectivity index (χ1) is 14.5. The van der Waals surface area contributed by atoms with Gasteiger partial charge in [-0.2, -0.15) is 0 Å². The molecule has 2 aliphatic rings. The summed E-state index contributed by atoms with van der Waals surface area (Å²) in [5.74, 6) is -1.33. The van der Waals surface area contributed by atoms with E-state index in [9.17, 15) is 14.7 Å². The summed E-state index contributed by atoms with van der Waals surface area (Å²) >= 11 is 6.29. The largest absolute Gasteiger partial charge is 0.507 e. The molecule has 3 heterocycles. The fraction of sp³-hybridized carbons (Fsp3) is 0.318. The van der Waals surface area contributed by atoms with Gasteiger partial charge >= 0.3 is 0 Å². The van der Waals surface area contributed by atoms with E-state index in [1.807, 2.05) is 0 Å². The van der Waals surface area contributed by atoms with Crippen molar-refractivity contribution >= 4 is 29.1 Å². The Bertz CT molecular complexity index is 1000. The Hall–Kier alpha value is -2.90. The molecular formula is C22H21ClN2O5. The summed E-state index contributed by atoms with van der Waals surface area (Å²) in [5.41, 5.74) is 0.816. The first kappa shape index (κ1) is 20.4. The number of halogens is 1. The summed E-state index contributed by atoms with van der Waals surface area (Å²) in [6, 6.07) is 7.45. The van der Waals surface area contributed by atoms with E-state index in [0.29, 0.717) is 17.9 Å². The molecule has 2 unspecified atom stereocenters. The molecule has 0 radical (unpaired) electrons. The molecule has 1 aromatic carbocycles. The number of nitrogens with zero attached hydrogens (tertiary/aromatic N) is 2. The third-order valence-electron chi connectivity index (χ3n) is 5.39. The number of pyridine rings is 1.